The third-order valence-corrected chi connectivity index (χ3v) is 4.81. The van der Waals surface area contributed by atoms with E-state index >= 15 is 0 Å². The van der Waals surface area contributed by atoms with Crippen molar-refractivity contribution in [3.05, 3.63) is 60.2 Å². The van der Waals surface area contributed by atoms with Crippen LogP contribution in [-0.4, -0.2) is 48.9 Å². The summed E-state index contributed by atoms with van der Waals surface area (Å²) < 4.78 is 5.48. The topological polar surface area (TPSA) is 79.0 Å². The first-order chi connectivity index (χ1) is 14.5. The molecule has 0 bridgehead atoms. The lowest BCUT2D eigenvalue weighted by Crippen LogP contribution is -2.46. The predicted molar refractivity (Wildman–Crippen MR) is 116 cm³/mol. The number of rotatable bonds is 7. The van der Waals surface area contributed by atoms with E-state index in [-0.39, 0.29) is 30.9 Å². The second-order valence-electron chi connectivity index (χ2n) is 6.75. The summed E-state index contributed by atoms with van der Waals surface area (Å²) in [4.78, 5) is 40.3. The first-order valence-electron chi connectivity index (χ1n) is 9.91. The summed E-state index contributed by atoms with van der Waals surface area (Å²) in [7, 11) is 0. The smallest absolute Gasteiger partial charge is 0.265 e. The zero-order valence-corrected chi connectivity index (χ0v) is 17.1. The molecular formula is C23H25N3O4. The number of hydrogen-bond donors (Lipinski definition) is 1. The number of ether oxygens (including phenoxy) is 1. The van der Waals surface area contributed by atoms with E-state index < -0.39 is 0 Å². The van der Waals surface area contributed by atoms with Crippen molar-refractivity contribution in [2.45, 2.75) is 13.8 Å². The number of carbonyl (C=O) groups is 3. The van der Waals surface area contributed by atoms with Crippen LogP contribution in [0.2, 0.25) is 0 Å². The van der Waals surface area contributed by atoms with Gasteiger partial charge >= 0.3 is 0 Å². The third-order valence-electron chi connectivity index (χ3n) is 4.81. The molecule has 0 aliphatic carbocycles. The SMILES string of the molecule is CCN(CC)C(=O)CN1C(=O)COc2ccc(NC(=O)/C=C/c3ccccc3)cc21. The van der Waals surface area contributed by atoms with Gasteiger partial charge in [0.1, 0.15) is 12.3 Å². The van der Waals surface area contributed by atoms with Crippen molar-refractivity contribution in [3.63, 3.8) is 0 Å². The molecular weight excluding hydrogens is 382 g/mol. The minimum absolute atomic E-state index is 0.0673. The van der Waals surface area contributed by atoms with E-state index in [1.165, 1.54) is 11.0 Å². The molecule has 0 radical (unpaired) electrons. The van der Waals surface area contributed by atoms with E-state index in [1.807, 2.05) is 44.2 Å². The number of fused-ring (bicyclic) bond motifs is 1. The average Bonchev–Trinajstić information content (AvgIpc) is 2.76. The molecule has 7 nitrogen and oxygen atoms in total. The molecule has 0 aromatic heterocycles. The van der Waals surface area contributed by atoms with Crippen LogP contribution < -0.4 is 15.0 Å². The molecule has 0 saturated heterocycles. The monoisotopic (exact) mass is 407 g/mol. The Bertz CT molecular complexity index is 952. The van der Waals surface area contributed by atoms with Gasteiger partial charge in [0.25, 0.3) is 5.91 Å². The summed E-state index contributed by atoms with van der Waals surface area (Å²) in [5.41, 5.74) is 1.89. The molecule has 30 heavy (non-hydrogen) atoms. The van der Waals surface area contributed by atoms with Gasteiger partial charge in [-0.15, -0.1) is 0 Å². The minimum Gasteiger partial charge on any atom is -0.482 e. The molecule has 156 valence electrons. The lowest BCUT2D eigenvalue weighted by atomic mass is 10.2. The zero-order valence-electron chi connectivity index (χ0n) is 17.1. The van der Waals surface area contributed by atoms with Crippen molar-refractivity contribution in [1.29, 1.82) is 0 Å². The number of likely N-dealkylation sites (N-methyl/N-ethyl adjacent to an activating group) is 1. The largest absolute Gasteiger partial charge is 0.482 e. The molecule has 0 atom stereocenters. The van der Waals surface area contributed by atoms with Crippen LogP contribution >= 0.6 is 0 Å². The Hall–Kier alpha value is -3.61. The van der Waals surface area contributed by atoms with Gasteiger partial charge < -0.3 is 15.0 Å². The number of hydrogen-bond acceptors (Lipinski definition) is 4. The van der Waals surface area contributed by atoms with Crippen LogP contribution in [-0.2, 0) is 14.4 Å². The molecule has 0 unspecified atom stereocenters. The Balaban J connectivity index is 1.76. The van der Waals surface area contributed by atoms with Gasteiger partial charge in [-0.3, -0.25) is 19.3 Å². The molecule has 7 heteroatoms. The van der Waals surface area contributed by atoms with Gasteiger partial charge in [-0.05, 0) is 43.7 Å². The molecule has 1 N–H and O–H groups in total. The quantitative estimate of drug-likeness (QED) is 0.716. The van der Waals surface area contributed by atoms with E-state index in [2.05, 4.69) is 5.32 Å². The van der Waals surface area contributed by atoms with Gasteiger partial charge in [-0.2, -0.15) is 0 Å². The van der Waals surface area contributed by atoms with E-state index in [0.717, 1.165) is 5.56 Å². The Labute approximate surface area is 175 Å². The summed E-state index contributed by atoms with van der Waals surface area (Å²) in [6.45, 7) is 4.75. The number of nitrogens with zero attached hydrogens (tertiary/aromatic N) is 2. The molecule has 0 fully saturated rings. The molecule has 1 aliphatic heterocycles. The van der Waals surface area contributed by atoms with Crippen LogP contribution in [0.15, 0.2) is 54.6 Å². The fraction of sp³-hybridized carbons (Fsp3) is 0.261. The lowest BCUT2D eigenvalue weighted by Gasteiger charge is -2.31. The summed E-state index contributed by atoms with van der Waals surface area (Å²) in [6, 6.07) is 14.5. The van der Waals surface area contributed by atoms with Crippen LogP contribution in [0.25, 0.3) is 6.08 Å². The minimum atomic E-state index is -0.298. The lowest BCUT2D eigenvalue weighted by molar-refractivity contribution is -0.131. The van der Waals surface area contributed by atoms with Crippen molar-refractivity contribution < 1.29 is 19.1 Å². The molecule has 0 spiro atoms. The van der Waals surface area contributed by atoms with Crippen LogP contribution in [0.1, 0.15) is 19.4 Å². The molecule has 2 aromatic carbocycles. The average molecular weight is 407 g/mol. The van der Waals surface area contributed by atoms with Crippen molar-refractivity contribution in [3.8, 4) is 5.75 Å². The molecule has 1 aliphatic rings. The van der Waals surface area contributed by atoms with Gasteiger partial charge in [0.2, 0.25) is 11.8 Å². The van der Waals surface area contributed by atoms with Gasteiger partial charge in [0.05, 0.1) is 5.69 Å². The maximum Gasteiger partial charge on any atom is 0.265 e. The second-order valence-corrected chi connectivity index (χ2v) is 6.75. The standard InChI is InChI=1S/C23H25N3O4/c1-3-25(4-2)22(28)15-26-19-14-18(11-12-20(19)30-16-23(26)29)24-21(27)13-10-17-8-6-5-7-9-17/h5-14H,3-4,15-16H2,1-2H3,(H,24,27)/b13-10+. The maximum atomic E-state index is 12.5. The molecule has 3 amide bonds. The number of amides is 3. The van der Waals surface area contributed by atoms with Crippen LogP contribution in [0, 0.1) is 0 Å². The first kappa shape index (κ1) is 21.1. The molecule has 0 saturated carbocycles. The Morgan fingerprint density at radius 2 is 1.87 bits per heavy atom. The highest BCUT2D eigenvalue weighted by atomic mass is 16.5. The molecule has 3 rings (SSSR count). The maximum absolute atomic E-state index is 12.5. The number of benzene rings is 2. The molecule has 1 heterocycles. The van der Waals surface area contributed by atoms with E-state index in [4.69, 9.17) is 4.74 Å². The fourth-order valence-corrected chi connectivity index (χ4v) is 3.18. The highest BCUT2D eigenvalue weighted by Gasteiger charge is 2.28. The first-order valence-corrected chi connectivity index (χ1v) is 9.91. The van der Waals surface area contributed by atoms with Gasteiger partial charge in [-0.25, -0.2) is 0 Å². The van der Waals surface area contributed by atoms with Crippen LogP contribution in [0.4, 0.5) is 11.4 Å². The summed E-state index contributed by atoms with van der Waals surface area (Å²) in [5.74, 6) is -0.232. The van der Waals surface area contributed by atoms with Crippen molar-refractivity contribution in [2.24, 2.45) is 0 Å². The van der Waals surface area contributed by atoms with Crippen LogP contribution in [0.5, 0.6) is 5.75 Å². The fourth-order valence-electron chi connectivity index (χ4n) is 3.18. The second kappa shape index (κ2) is 9.73. The summed E-state index contributed by atoms with van der Waals surface area (Å²) >= 11 is 0. The summed E-state index contributed by atoms with van der Waals surface area (Å²) in [6.07, 6.45) is 3.16. The van der Waals surface area contributed by atoms with Gasteiger partial charge in [-0.1, -0.05) is 30.3 Å². The predicted octanol–water partition coefficient (Wildman–Crippen LogP) is 2.93. The summed E-state index contributed by atoms with van der Waals surface area (Å²) in [5, 5.41) is 2.78. The highest BCUT2D eigenvalue weighted by Crippen LogP contribution is 2.34. The Morgan fingerprint density at radius 1 is 1.13 bits per heavy atom. The third kappa shape index (κ3) is 5.05. The van der Waals surface area contributed by atoms with Gasteiger partial charge in [0, 0.05) is 24.9 Å². The van der Waals surface area contributed by atoms with E-state index in [9.17, 15) is 14.4 Å². The Kier molecular flexibility index (Phi) is 6.85. The van der Waals surface area contributed by atoms with Crippen molar-refractivity contribution in [2.75, 3.05) is 36.5 Å². The Morgan fingerprint density at radius 3 is 2.57 bits per heavy atom. The number of anilines is 2. The zero-order chi connectivity index (χ0) is 21.5. The van der Waals surface area contributed by atoms with Crippen LogP contribution in [0.3, 0.4) is 0 Å². The normalized spacial score (nSPS) is 13.0. The number of carbonyl (C=O) groups excluding carboxylic acids is 3. The van der Waals surface area contributed by atoms with Crippen molar-refractivity contribution in [1.82, 2.24) is 4.90 Å². The van der Waals surface area contributed by atoms with E-state index in [1.54, 1.807) is 29.2 Å². The van der Waals surface area contributed by atoms with Gasteiger partial charge in [0.15, 0.2) is 6.61 Å². The highest BCUT2D eigenvalue weighted by molar-refractivity contribution is 6.05. The van der Waals surface area contributed by atoms with E-state index in [0.29, 0.717) is 30.2 Å². The molecule has 2 aromatic rings. The number of nitrogens with one attached hydrogen (secondary N) is 1. The van der Waals surface area contributed by atoms with Crippen molar-refractivity contribution >= 4 is 35.2 Å².